The molecule has 226 valence electrons. The second-order valence-electron chi connectivity index (χ2n) is 8.83. The van der Waals surface area contributed by atoms with Crippen molar-refractivity contribution in [2.24, 2.45) is 11.8 Å². The van der Waals surface area contributed by atoms with E-state index in [0.717, 1.165) is 44.2 Å². The Kier molecular flexibility index (Phi) is 37.6. The summed E-state index contributed by atoms with van der Waals surface area (Å²) in [6, 6.07) is 9.70. The van der Waals surface area contributed by atoms with Gasteiger partial charge in [-0.25, -0.2) is 0 Å². The Morgan fingerprint density at radius 3 is 1.87 bits per heavy atom. The van der Waals surface area contributed by atoms with Gasteiger partial charge in [0.05, 0.1) is 6.10 Å². The van der Waals surface area contributed by atoms with E-state index in [2.05, 4.69) is 30.8 Å². The van der Waals surface area contributed by atoms with Crippen LogP contribution in [0.25, 0.3) is 0 Å². The van der Waals surface area contributed by atoms with Crippen molar-refractivity contribution in [3.8, 4) is 0 Å². The van der Waals surface area contributed by atoms with Crippen LogP contribution in [-0.2, 0) is 14.3 Å². The second-order valence-corrected chi connectivity index (χ2v) is 8.83. The lowest BCUT2D eigenvalue weighted by Gasteiger charge is -2.24. The van der Waals surface area contributed by atoms with Crippen LogP contribution in [0, 0.1) is 11.8 Å². The Labute approximate surface area is 236 Å². The lowest BCUT2D eigenvalue weighted by atomic mass is 10.0. The zero-order valence-corrected chi connectivity index (χ0v) is 27.1. The molecule has 0 saturated carbocycles. The Bertz CT molecular complexity index is 611. The molecule has 6 nitrogen and oxygen atoms in total. The van der Waals surface area contributed by atoms with Gasteiger partial charge >= 0.3 is 0 Å². The highest BCUT2D eigenvalue weighted by Crippen LogP contribution is 2.14. The molecule has 3 atom stereocenters. The average molecular weight is 541 g/mol. The molecule has 0 aromatic heterocycles. The Balaban J connectivity index is -0.000000280. The predicted octanol–water partition coefficient (Wildman–Crippen LogP) is 7.66. The first kappa shape index (κ1) is 43.1. The van der Waals surface area contributed by atoms with Crippen LogP contribution in [0.1, 0.15) is 119 Å². The van der Waals surface area contributed by atoms with Crippen molar-refractivity contribution in [3.63, 3.8) is 0 Å². The number of carbonyl (C=O) groups excluding carboxylic acids is 2. The SMILES string of the molecule is CC.CC.CCC(O)c1ccccc1.CCCN(CCC(C)C(=O)NC)C(=O)CCCC(C)CC.COC. The topological polar surface area (TPSA) is 78.9 Å². The minimum Gasteiger partial charge on any atom is -0.388 e. The largest absolute Gasteiger partial charge is 0.388 e. The first-order chi connectivity index (χ1) is 18.2. The number of ether oxygens (including phenoxy) is 1. The fraction of sp³-hybridized carbons (Fsp3) is 0.750. The number of nitrogens with zero attached hydrogens (tertiary/aromatic N) is 1. The van der Waals surface area contributed by atoms with Gasteiger partial charge in [0.2, 0.25) is 11.8 Å². The first-order valence-electron chi connectivity index (χ1n) is 14.8. The minimum absolute atomic E-state index is 0.0396. The number of benzene rings is 1. The van der Waals surface area contributed by atoms with Gasteiger partial charge in [-0.15, -0.1) is 0 Å². The molecule has 3 unspecified atom stereocenters. The number of aliphatic hydroxyl groups excluding tert-OH is 1. The Morgan fingerprint density at radius 1 is 0.921 bits per heavy atom. The van der Waals surface area contributed by atoms with Gasteiger partial charge in [-0.05, 0) is 37.2 Å². The summed E-state index contributed by atoms with van der Waals surface area (Å²) in [4.78, 5) is 25.7. The van der Waals surface area contributed by atoms with Crippen LogP contribution in [0.4, 0.5) is 0 Å². The number of nitrogens with one attached hydrogen (secondary N) is 1. The van der Waals surface area contributed by atoms with E-state index in [0.29, 0.717) is 18.9 Å². The highest BCUT2D eigenvalue weighted by molar-refractivity contribution is 5.78. The van der Waals surface area contributed by atoms with Gasteiger partial charge in [-0.3, -0.25) is 9.59 Å². The van der Waals surface area contributed by atoms with Crippen molar-refractivity contribution >= 4 is 11.8 Å². The third-order valence-corrected chi connectivity index (χ3v) is 5.73. The standard InChI is InChI=1S/C17H34N2O2.C9H12O.C2H6O.2C2H6/c1-6-12-19(13-11-15(4)17(21)18-5)16(20)10-8-9-14(3)7-2;1-2-9(10)8-6-4-3-5-7-8;1-3-2;2*1-2/h14-15H,6-13H2,1-5H3,(H,18,21);3-7,9-10H,2H2,1H3;1-2H3;2*1-2H3. The van der Waals surface area contributed by atoms with Crippen LogP contribution in [0.3, 0.4) is 0 Å². The molecule has 1 aromatic rings. The Hall–Kier alpha value is -1.92. The highest BCUT2D eigenvalue weighted by Gasteiger charge is 2.17. The first-order valence-corrected chi connectivity index (χ1v) is 14.8. The van der Waals surface area contributed by atoms with Crippen LogP contribution in [0.2, 0.25) is 0 Å². The van der Waals surface area contributed by atoms with Gasteiger partial charge in [0.15, 0.2) is 0 Å². The van der Waals surface area contributed by atoms with E-state index in [4.69, 9.17) is 0 Å². The lowest BCUT2D eigenvalue weighted by Crippen LogP contribution is -2.35. The van der Waals surface area contributed by atoms with Crippen molar-refractivity contribution in [1.82, 2.24) is 10.2 Å². The van der Waals surface area contributed by atoms with Crippen molar-refractivity contribution in [2.75, 3.05) is 34.4 Å². The fourth-order valence-corrected chi connectivity index (χ4v) is 3.23. The molecule has 2 amide bonds. The second kappa shape index (κ2) is 33.1. The summed E-state index contributed by atoms with van der Waals surface area (Å²) in [5, 5.41) is 12.0. The van der Waals surface area contributed by atoms with E-state index in [1.54, 1.807) is 21.3 Å². The summed E-state index contributed by atoms with van der Waals surface area (Å²) >= 11 is 0. The van der Waals surface area contributed by atoms with Gasteiger partial charge in [0.1, 0.15) is 0 Å². The van der Waals surface area contributed by atoms with E-state index in [9.17, 15) is 14.7 Å². The molecule has 0 bridgehead atoms. The molecule has 1 aromatic carbocycles. The van der Waals surface area contributed by atoms with Crippen LogP contribution >= 0.6 is 0 Å². The normalized spacial score (nSPS) is 11.7. The number of rotatable bonds is 13. The maximum absolute atomic E-state index is 12.3. The maximum Gasteiger partial charge on any atom is 0.222 e. The number of hydrogen-bond donors (Lipinski definition) is 2. The molecule has 2 N–H and O–H groups in total. The van der Waals surface area contributed by atoms with E-state index < -0.39 is 0 Å². The monoisotopic (exact) mass is 540 g/mol. The lowest BCUT2D eigenvalue weighted by molar-refractivity contribution is -0.132. The molecule has 0 fully saturated rings. The molecular formula is C32H64N2O4. The summed E-state index contributed by atoms with van der Waals surface area (Å²) in [5.41, 5.74) is 1.00. The molecule has 0 heterocycles. The quantitative estimate of drug-likeness (QED) is 0.269. The average Bonchev–Trinajstić information content (AvgIpc) is 2.97. The summed E-state index contributed by atoms with van der Waals surface area (Å²) < 4.78 is 4.25. The number of carbonyl (C=O) groups is 2. The molecule has 1 rings (SSSR count). The number of amides is 2. The summed E-state index contributed by atoms with van der Waals surface area (Å²) in [7, 11) is 4.91. The predicted molar refractivity (Wildman–Crippen MR) is 165 cm³/mol. The van der Waals surface area contributed by atoms with Crippen molar-refractivity contribution in [2.45, 2.75) is 113 Å². The summed E-state index contributed by atoms with van der Waals surface area (Å²) in [6.07, 6.45) is 6.10. The highest BCUT2D eigenvalue weighted by atomic mass is 16.4. The van der Waals surface area contributed by atoms with Gasteiger partial charge in [-0.1, -0.05) is 105 Å². The third-order valence-electron chi connectivity index (χ3n) is 5.73. The molecule has 38 heavy (non-hydrogen) atoms. The van der Waals surface area contributed by atoms with Gasteiger partial charge in [0, 0.05) is 46.7 Å². The molecule has 0 saturated heterocycles. The number of aliphatic hydroxyl groups is 1. The van der Waals surface area contributed by atoms with Crippen molar-refractivity contribution in [3.05, 3.63) is 35.9 Å². The smallest absolute Gasteiger partial charge is 0.222 e. The number of hydrogen-bond acceptors (Lipinski definition) is 4. The van der Waals surface area contributed by atoms with Crippen molar-refractivity contribution in [1.29, 1.82) is 0 Å². The zero-order valence-electron chi connectivity index (χ0n) is 27.1. The molecule has 0 aliphatic heterocycles. The fourth-order valence-electron chi connectivity index (χ4n) is 3.23. The van der Waals surface area contributed by atoms with Crippen LogP contribution < -0.4 is 5.32 Å². The molecule has 6 heteroatoms. The summed E-state index contributed by atoms with van der Waals surface area (Å²) in [6.45, 7) is 19.9. The van der Waals surface area contributed by atoms with E-state index in [1.165, 1.54) is 6.42 Å². The van der Waals surface area contributed by atoms with E-state index in [1.807, 2.05) is 76.8 Å². The zero-order chi connectivity index (χ0) is 30.4. The van der Waals surface area contributed by atoms with Gasteiger partial charge < -0.3 is 20.1 Å². The molecule has 0 aliphatic rings. The number of methoxy groups -OCH3 is 1. The van der Waals surface area contributed by atoms with Gasteiger partial charge in [0.25, 0.3) is 0 Å². The van der Waals surface area contributed by atoms with Crippen LogP contribution in [0.15, 0.2) is 30.3 Å². The van der Waals surface area contributed by atoms with Gasteiger partial charge in [-0.2, -0.15) is 0 Å². The Morgan fingerprint density at radius 2 is 1.45 bits per heavy atom. The maximum atomic E-state index is 12.3. The van der Waals surface area contributed by atoms with E-state index in [-0.39, 0.29) is 23.8 Å². The third kappa shape index (κ3) is 25.7. The molecule has 0 aliphatic carbocycles. The summed E-state index contributed by atoms with van der Waals surface area (Å²) in [5.74, 6) is 0.952. The van der Waals surface area contributed by atoms with Crippen LogP contribution in [-0.4, -0.2) is 56.2 Å². The molecule has 0 spiro atoms. The molecular weight excluding hydrogens is 476 g/mol. The minimum atomic E-state index is -0.291. The van der Waals surface area contributed by atoms with E-state index >= 15 is 0 Å². The van der Waals surface area contributed by atoms with Crippen LogP contribution in [0.5, 0.6) is 0 Å². The van der Waals surface area contributed by atoms with Crippen molar-refractivity contribution < 1.29 is 19.4 Å². The molecule has 0 radical (unpaired) electrons.